The normalized spacial score (nSPS) is 17.1. The molecular formula is C13H20N4O. The van der Waals surface area contributed by atoms with Crippen LogP contribution in [0.5, 0.6) is 0 Å². The molecule has 98 valence electrons. The largest absolute Gasteiger partial charge is 0.409 e. The highest BCUT2D eigenvalue weighted by Crippen LogP contribution is 2.26. The van der Waals surface area contributed by atoms with E-state index in [4.69, 9.17) is 10.9 Å². The van der Waals surface area contributed by atoms with Crippen molar-refractivity contribution in [3.05, 3.63) is 23.9 Å². The van der Waals surface area contributed by atoms with Crippen LogP contribution >= 0.6 is 0 Å². The maximum Gasteiger partial charge on any atom is 0.188 e. The van der Waals surface area contributed by atoms with Crippen molar-refractivity contribution < 1.29 is 5.21 Å². The predicted octanol–water partition coefficient (Wildman–Crippen LogP) is 1.95. The minimum atomic E-state index is 0.0549. The molecule has 0 bridgehead atoms. The molecule has 5 heteroatoms. The first-order valence-corrected chi connectivity index (χ1v) is 6.48. The van der Waals surface area contributed by atoms with Gasteiger partial charge in [0.2, 0.25) is 0 Å². The summed E-state index contributed by atoms with van der Waals surface area (Å²) in [5, 5.41) is 11.7. The minimum Gasteiger partial charge on any atom is -0.409 e. The van der Waals surface area contributed by atoms with Gasteiger partial charge in [0.05, 0.1) is 0 Å². The van der Waals surface area contributed by atoms with Crippen molar-refractivity contribution in [3.63, 3.8) is 0 Å². The Hall–Kier alpha value is -1.78. The molecule has 2 rings (SSSR count). The lowest BCUT2D eigenvalue weighted by Crippen LogP contribution is -2.34. The number of oxime groups is 1. The number of hydrogen-bond donors (Lipinski definition) is 2. The molecule has 1 aromatic heterocycles. The number of rotatable bonds is 4. The minimum absolute atomic E-state index is 0.0549. The zero-order chi connectivity index (χ0) is 13.0. The van der Waals surface area contributed by atoms with Gasteiger partial charge in [-0.3, -0.25) is 0 Å². The van der Waals surface area contributed by atoms with Gasteiger partial charge in [0, 0.05) is 12.6 Å². The van der Waals surface area contributed by atoms with Crippen molar-refractivity contribution in [3.8, 4) is 0 Å². The summed E-state index contributed by atoms with van der Waals surface area (Å²) in [5.74, 6) is 0.966. The summed E-state index contributed by atoms with van der Waals surface area (Å²) in [6, 6.07) is 6.20. The van der Waals surface area contributed by atoms with E-state index in [9.17, 15) is 0 Å². The number of hydrogen-bond acceptors (Lipinski definition) is 4. The van der Waals surface area contributed by atoms with Crippen molar-refractivity contribution in [1.82, 2.24) is 4.98 Å². The molecule has 0 spiro atoms. The second-order valence-corrected chi connectivity index (χ2v) is 4.59. The number of pyridine rings is 1. The molecule has 0 unspecified atom stereocenters. The van der Waals surface area contributed by atoms with E-state index in [1.165, 1.54) is 25.7 Å². The van der Waals surface area contributed by atoms with E-state index in [0.717, 1.165) is 12.4 Å². The number of nitrogens with two attached hydrogens (primary N) is 1. The monoisotopic (exact) mass is 248 g/mol. The Morgan fingerprint density at radius 2 is 2.22 bits per heavy atom. The van der Waals surface area contributed by atoms with Gasteiger partial charge in [-0.1, -0.05) is 24.1 Å². The van der Waals surface area contributed by atoms with Crippen LogP contribution in [-0.2, 0) is 0 Å². The standard InChI is InChI=1S/C13H20N4O/c1-2-17(10-6-3-4-7-10)12-9-5-8-11(15-12)13(14)16-18/h5,8-10,18H,2-4,6-7H2,1H3,(H2,14,16). The van der Waals surface area contributed by atoms with Gasteiger partial charge in [-0.15, -0.1) is 0 Å². The third-order valence-corrected chi connectivity index (χ3v) is 3.50. The smallest absolute Gasteiger partial charge is 0.188 e. The summed E-state index contributed by atoms with van der Waals surface area (Å²) in [6.45, 7) is 3.06. The number of anilines is 1. The Morgan fingerprint density at radius 1 is 1.50 bits per heavy atom. The molecule has 0 saturated heterocycles. The molecule has 0 atom stereocenters. The van der Waals surface area contributed by atoms with E-state index in [1.807, 2.05) is 12.1 Å². The molecule has 1 heterocycles. The molecule has 18 heavy (non-hydrogen) atoms. The number of aromatic nitrogens is 1. The first-order valence-electron chi connectivity index (χ1n) is 6.48. The van der Waals surface area contributed by atoms with Crippen molar-refractivity contribution in [2.24, 2.45) is 10.9 Å². The summed E-state index contributed by atoms with van der Waals surface area (Å²) < 4.78 is 0. The lowest BCUT2D eigenvalue weighted by Gasteiger charge is -2.29. The predicted molar refractivity (Wildman–Crippen MR) is 72.0 cm³/mol. The molecule has 1 fully saturated rings. The molecule has 0 aliphatic heterocycles. The topological polar surface area (TPSA) is 74.7 Å². The van der Waals surface area contributed by atoms with Crippen LogP contribution in [0.3, 0.4) is 0 Å². The van der Waals surface area contributed by atoms with Crippen LogP contribution in [0.1, 0.15) is 38.3 Å². The third kappa shape index (κ3) is 2.55. The second kappa shape index (κ2) is 5.71. The molecule has 3 N–H and O–H groups in total. The Labute approximate surface area is 107 Å². The Bertz CT molecular complexity index is 427. The number of nitrogens with zero attached hydrogens (tertiary/aromatic N) is 3. The Morgan fingerprint density at radius 3 is 2.83 bits per heavy atom. The van der Waals surface area contributed by atoms with Gasteiger partial charge >= 0.3 is 0 Å². The molecule has 0 aromatic carbocycles. The second-order valence-electron chi connectivity index (χ2n) is 4.59. The van der Waals surface area contributed by atoms with Crippen molar-refractivity contribution >= 4 is 11.7 Å². The zero-order valence-corrected chi connectivity index (χ0v) is 10.7. The summed E-state index contributed by atoms with van der Waals surface area (Å²) in [7, 11) is 0. The van der Waals surface area contributed by atoms with Crippen LogP contribution < -0.4 is 10.6 Å². The van der Waals surface area contributed by atoms with Crippen LogP contribution in [0.15, 0.2) is 23.4 Å². The van der Waals surface area contributed by atoms with Gasteiger partial charge in [-0.05, 0) is 31.9 Å². The lowest BCUT2D eigenvalue weighted by molar-refractivity contribution is 0.318. The Kier molecular flexibility index (Phi) is 4.02. The maximum absolute atomic E-state index is 8.70. The first-order chi connectivity index (χ1) is 8.76. The van der Waals surface area contributed by atoms with E-state index < -0.39 is 0 Å². The Balaban J connectivity index is 2.25. The maximum atomic E-state index is 8.70. The third-order valence-electron chi connectivity index (χ3n) is 3.50. The van der Waals surface area contributed by atoms with Gasteiger partial charge < -0.3 is 15.8 Å². The average molecular weight is 248 g/mol. The molecule has 0 radical (unpaired) electrons. The lowest BCUT2D eigenvalue weighted by atomic mass is 10.2. The fourth-order valence-electron chi connectivity index (χ4n) is 2.60. The number of amidine groups is 1. The summed E-state index contributed by atoms with van der Waals surface area (Å²) in [6.07, 6.45) is 5.04. The molecular weight excluding hydrogens is 228 g/mol. The molecule has 0 amide bonds. The van der Waals surface area contributed by atoms with E-state index in [0.29, 0.717) is 11.7 Å². The molecule has 5 nitrogen and oxygen atoms in total. The zero-order valence-electron chi connectivity index (χ0n) is 10.7. The molecule has 1 aliphatic rings. The van der Waals surface area contributed by atoms with Gasteiger partial charge in [-0.2, -0.15) is 0 Å². The van der Waals surface area contributed by atoms with Gasteiger partial charge in [0.1, 0.15) is 11.5 Å². The van der Waals surface area contributed by atoms with Crippen LogP contribution in [0.2, 0.25) is 0 Å². The molecule has 1 aliphatic carbocycles. The SMILES string of the molecule is CCN(c1cccc(C(N)=NO)n1)C1CCCC1. The van der Waals surface area contributed by atoms with E-state index in [2.05, 4.69) is 22.0 Å². The van der Waals surface area contributed by atoms with E-state index in [1.54, 1.807) is 6.07 Å². The first kappa shape index (κ1) is 12.7. The quantitative estimate of drug-likeness (QED) is 0.369. The summed E-state index contributed by atoms with van der Waals surface area (Å²) >= 11 is 0. The van der Waals surface area contributed by atoms with Crippen molar-refractivity contribution in [2.45, 2.75) is 38.6 Å². The van der Waals surface area contributed by atoms with Gasteiger partial charge in [-0.25, -0.2) is 4.98 Å². The van der Waals surface area contributed by atoms with Crippen LogP contribution in [-0.4, -0.2) is 28.6 Å². The average Bonchev–Trinajstić information content (AvgIpc) is 2.93. The summed E-state index contributed by atoms with van der Waals surface area (Å²) in [5.41, 5.74) is 6.10. The fraction of sp³-hybridized carbons (Fsp3) is 0.538. The van der Waals surface area contributed by atoms with Crippen molar-refractivity contribution in [2.75, 3.05) is 11.4 Å². The van der Waals surface area contributed by atoms with Crippen molar-refractivity contribution in [1.29, 1.82) is 0 Å². The fourth-order valence-corrected chi connectivity index (χ4v) is 2.60. The highest BCUT2D eigenvalue weighted by molar-refractivity contribution is 5.95. The van der Waals surface area contributed by atoms with Gasteiger partial charge in [0.15, 0.2) is 5.84 Å². The van der Waals surface area contributed by atoms with E-state index >= 15 is 0 Å². The van der Waals surface area contributed by atoms with Crippen LogP contribution in [0.25, 0.3) is 0 Å². The highest BCUT2D eigenvalue weighted by atomic mass is 16.4. The molecule has 1 aromatic rings. The van der Waals surface area contributed by atoms with E-state index in [-0.39, 0.29) is 5.84 Å². The summed E-state index contributed by atoms with van der Waals surface area (Å²) in [4.78, 5) is 6.78. The highest BCUT2D eigenvalue weighted by Gasteiger charge is 2.22. The van der Waals surface area contributed by atoms with Crippen LogP contribution in [0.4, 0.5) is 5.82 Å². The van der Waals surface area contributed by atoms with Gasteiger partial charge in [0.25, 0.3) is 0 Å². The van der Waals surface area contributed by atoms with Crippen LogP contribution in [0, 0.1) is 0 Å². The molecule has 1 saturated carbocycles.